The van der Waals surface area contributed by atoms with E-state index in [2.05, 4.69) is 27.3 Å². The molecule has 2 atom stereocenters. The van der Waals surface area contributed by atoms with E-state index in [1.54, 1.807) is 6.33 Å². The zero-order valence-electron chi connectivity index (χ0n) is 13.0. The molecule has 0 aromatic carbocycles. The molecule has 2 saturated heterocycles. The molecule has 0 bridgehead atoms. The van der Waals surface area contributed by atoms with E-state index in [0.717, 1.165) is 42.3 Å². The summed E-state index contributed by atoms with van der Waals surface area (Å²) in [6, 6.07) is 0.417. The Hall–Kier alpha value is -1.34. The van der Waals surface area contributed by atoms with Gasteiger partial charge in [0.1, 0.15) is 12.1 Å². The van der Waals surface area contributed by atoms with Crippen molar-refractivity contribution in [3.05, 3.63) is 17.6 Å². The van der Waals surface area contributed by atoms with Gasteiger partial charge in [0.05, 0.1) is 5.60 Å². The normalized spacial score (nSPS) is 28.5. The lowest BCUT2D eigenvalue weighted by atomic mass is 9.90. The number of rotatable bonds is 2. The molecule has 6 nitrogen and oxygen atoms in total. The van der Waals surface area contributed by atoms with Gasteiger partial charge >= 0.3 is 0 Å². The van der Waals surface area contributed by atoms with Gasteiger partial charge < -0.3 is 10.1 Å². The Balaban J connectivity index is 1.63. The number of nitrogens with one attached hydrogen (secondary N) is 1. The topological polar surface area (TPSA) is 64.3 Å². The maximum Gasteiger partial charge on any atom is 0.254 e. The van der Waals surface area contributed by atoms with Crippen LogP contribution in [0.2, 0.25) is 0 Å². The second kappa shape index (κ2) is 5.38. The van der Waals surface area contributed by atoms with Gasteiger partial charge in [0.2, 0.25) is 0 Å². The Kier molecular flexibility index (Phi) is 3.49. The monoisotopic (exact) mass is 319 g/mol. The number of thioether (sulfide) groups is 1. The highest BCUT2D eigenvalue weighted by Crippen LogP contribution is 2.39. The Morgan fingerprint density at radius 3 is 3.18 bits per heavy atom. The molecule has 0 amide bonds. The summed E-state index contributed by atoms with van der Waals surface area (Å²) in [4.78, 5) is 8.70. The molecule has 2 aromatic heterocycles. The Labute approximate surface area is 134 Å². The van der Waals surface area contributed by atoms with Crippen LogP contribution in [0, 0.1) is 13.8 Å². The largest absolute Gasteiger partial charge is 0.374 e. The quantitative estimate of drug-likeness (QED) is 0.915. The van der Waals surface area contributed by atoms with Crippen molar-refractivity contribution in [1.29, 1.82) is 0 Å². The summed E-state index contributed by atoms with van der Waals surface area (Å²) < 4.78 is 7.93. The fourth-order valence-electron chi connectivity index (χ4n) is 3.41. The number of hydrogen-bond acceptors (Lipinski definition) is 6. The molecule has 2 fully saturated rings. The maximum atomic E-state index is 6.11. The molecule has 4 heterocycles. The molecule has 118 valence electrons. The Morgan fingerprint density at radius 2 is 2.36 bits per heavy atom. The third-order valence-electron chi connectivity index (χ3n) is 4.81. The molecule has 0 radical (unpaired) electrons. The van der Waals surface area contributed by atoms with Crippen molar-refractivity contribution in [2.75, 3.05) is 23.4 Å². The van der Waals surface area contributed by atoms with Crippen molar-refractivity contribution < 1.29 is 4.74 Å². The van der Waals surface area contributed by atoms with Crippen LogP contribution >= 0.6 is 11.8 Å². The van der Waals surface area contributed by atoms with Crippen LogP contribution < -0.4 is 5.32 Å². The predicted molar refractivity (Wildman–Crippen MR) is 87.5 cm³/mol. The molecule has 22 heavy (non-hydrogen) atoms. The molecule has 1 N–H and O–H groups in total. The summed E-state index contributed by atoms with van der Waals surface area (Å²) in [5.74, 6) is 4.02. The van der Waals surface area contributed by atoms with Gasteiger partial charge in [-0.1, -0.05) is 0 Å². The van der Waals surface area contributed by atoms with Crippen LogP contribution in [0.15, 0.2) is 6.33 Å². The number of nitrogens with zero attached hydrogens (tertiary/aromatic N) is 4. The van der Waals surface area contributed by atoms with E-state index < -0.39 is 0 Å². The third-order valence-corrected chi connectivity index (χ3v) is 6.03. The highest BCUT2D eigenvalue weighted by Gasteiger charge is 2.40. The summed E-state index contributed by atoms with van der Waals surface area (Å²) in [5, 5.41) is 8.02. The van der Waals surface area contributed by atoms with Crippen molar-refractivity contribution in [3.63, 3.8) is 0 Å². The van der Waals surface area contributed by atoms with Gasteiger partial charge in [-0.15, -0.1) is 0 Å². The second-order valence-electron chi connectivity index (χ2n) is 6.31. The molecule has 2 aromatic rings. The van der Waals surface area contributed by atoms with Crippen LogP contribution in [0.5, 0.6) is 0 Å². The minimum atomic E-state index is 0.0814. The van der Waals surface area contributed by atoms with Crippen molar-refractivity contribution in [2.45, 2.75) is 44.8 Å². The minimum Gasteiger partial charge on any atom is -0.374 e. The Bertz CT molecular complexity index is 695. The van der Waals surface area contributed by atoms with Gasteiger partial charge in [0.25, 0.3) is 5.78 Å². The van der Waals surface area contributed by atoms with E-state index >= 15 is 0 Å². The maximum absolute atomic E-state index is 6.11. The van der Waals surface area contributed by atoms with Crippen molar-refractivity contribution in [2.24, 2.45) is 0 Å². The first-order chi connectivity index (χ1) is 10.7. The van der Waals surface area contributed by atoms with E-state index in [0.29, 0.717) is 11.8 Å². The van der Waals surface area contributed by atoms with E-state index in [-0.39, 0.29) is 5.60 Å². The van der Waals surface area contributed by atoms with Crippen LogP contribution in [-0.2, 0) is 4.74 Å². The highest BCUT2D eigenvalue weighted by molar-refractivity contribution is 7.99. The number of hydrogen-bond donors (Lipinski definition) is 1. The number of anilines is 1. The number of ether oxygens (including phenoxy) is 1. The van der Waals surface area contributed by atoms with E-state index in [1.165, 1.54) is 12.2 Å². The average Bonchev–Trinajstić information content (AvgIpc) is 3.14. The zero-order valence-corrected chi connectivity index (χ0v) is 13.8. The summed E-state index contributed by atoms with van der Waals surface area (Å²) in [5.41, 5.74) is 2.22. The van der Waals surface area contributed by atoms with Gasteiger partial charge in [0.15, 0.2) is 0 Å². The molecule has 0 saturated carbocycles. The summed E-state index contributed by atoms with van der Waals surface area (Å²) >= 11 is 2.01. The molecular weight excluding hydrogens is 298 g/mol. The standard InChI is InChI=1S/C15H21N5OS/c1-10-11(2)18-14-16-9-17-20(14)13(10)19-12-3-5-21-15(7-12)4-6-22-8-15/h9,12,19H,3-8H2,1-2H3/t12-,15+/m1/s1. The minimum absolute atomic E-state index is 0.0814. The highest BCUT2D eigenvalue weighted by atomic mass is 32.2. The van der Waals surface area contributed by atoms with Gasteiger partial charge in [-0.25, -0.2) is 4.98 Å². The Morgan fingerprint density at radius 1 is 1.45 bits per heavy atom. The first kappa shape index (κ1) is 14.3. The first-order valence-corrected chi connectivity index (χ1v) is 8.98. The number of aromatic nitrogens is 4. The van der Waals surface area contributed by atoms with Crippen molar-refractivity contribution >= 4 is 23.4 Å². The van der Waals surface area contributed by atoms with Crippen LogP contribution in [0.3, 0.4) is 0 Å². The second-order valence-corrected chi connectivity index (χ2v) is 7.42. The molecule has 1 spiro atoms. The summed E-state index contributed by atoms with van der Waals surface area (Å²) in [7, 11) is 0. The van der Waals surface area contributed by atoms with Gasteiger partial charge in [-0.2, -0.15) is 26.4 Å². The number of fused-ring (bicyclic) bond motifs is 1. The lowest BCUT2D eigenvalue weighted by Gasteiger charge is -2.38. The first-order valence-electron chi connectivity index (χ1n) is 7.82. The molecule has 2 aliphatic rings. The van der Waals surface area contributed by atoms with E-state index in [4.69, 9.17) is 4.74 Å². The van der Waals surface area contributed by atoms with Crippen molar-refractivity contribution in [3.8, 4) is 0 Å². The van der Waals surface area contributed by atoms with Crippen LogP contribution in [0.25, 0.3) is 5.78 Å². The smallest absolute Gasteiger partial charge is 0.254 e. The average molecular weight is 319 g/mol. The SMILES string of the molecule is Cc1nc2ncnn2c(N[C@@H]2CCO[C@@]3(CCSC3)C2)c1C. The van der Waals surface area contributed by atoms with E-state index in [9.17, 15) is 0 Å². The summed E-state index contributed by atoms with van der Waals surface area (Å²) in [6.45, 7) is 4.95. The lowest BCUT2D eigenvalue weighted by Crippen LogP contribution is -2.44. The van der Waals surface area contributed by atoms with Crippen LogP contribution in [0.1, 0.15) is 30.5 Å². The lowest BCUT2D eigenvalue weighted by molar-refractivity contribution is -0.0628. The predicted octanol–water partition coefficient (Wildman–Crippen LogP) is 2.21. The fraction of sp³-hybridized carbons (Fsp3) is 0.667. The van der Waals surface area contributed by atoms with Crippen LogP contribution in [0.4, 0.5) is 5.82 Å². The molecular formula is C15H21N5OS. The zero-order chi connectivity index (χ0) is 15.2. The molecule has 0 unspecified atom stereocenters. The number of aryl methyl sites for hydroxylation is 1. The van der Waals surface area contributed by atoms with E-state index in [1.807, 2.05) is 23.2 Å². The van der Waals surface area contributed by atoms with Gasteiger partial charge in [-0.05, 0) is 38.9 Å². The molecule has 0 aliphatic carbocycles. The van der Waals surface area contributed by atoms with Crippen LogP contribution in [-0.4, -0.2) is 49.3 Å². The van der Waals surface area contributed by atoms with Crippen molar-refractivity contribution in [1.82, 2.24) is 19.6 Å². The third kappa shape index (κ3) is 2.36. The van der Waals surface area contributed by atoms with Gasteiger partial charge in [0, 0.05) is 29.7 Å². The molecule has 4 rings (SSSR count). The van der Waals surface area contributed by atoms with Gasteiger partial charge in [-0.3, -0.25) is 0 Å². The molecule has 7 heteroatoms. The molecule has 2 aliphatic heterocycles. The summed E-state index contributed by atoms with van der Waals surface area (Å²) in [6.07, 6.45) is 4.83. The fourth-order valence-corrected chi connectivity index (χ4v) is 4.79.